The van der Waals surface area contributed by atoms with Crippen molar-refractivity contribution in [3.8, 4) is 11.5 Å². The van der Waals surface area contributed by atoms with Crippen molar-refractivity contribution in [1.82, 2.24) is 9.97 Å². The van der Waals surface area contributed by atoms with Crippen molar-refractivity contribution < 1.29 is 9.47 Å². The summed E-state index contributed by atoms with van der Waals surface area (Å²) < 4.78 is 10.7. The van der Waals surface area contributed by atoms with Gasteiger partial charge in [0.2, 0.25) is 0 Å². The van der Waals surface area contributed by atoms with Crippen molar-refractivity contribution in [3.63, 3.8) is 0 Å². The van der Waals surface area contributed by atoms with Gasteiger partial charge in [0.15, 0.2) is 0 Å². The second-order valence-corrected chi connectivity index (χ2v) is 6.21. The van der Waals surface area contributed by atoms with Crippen molar-refractivity contribution in [3.05, 3.63) is 69.9 Å². The molecule has 3 rings (SSSR count). The number of aryl methyl sites for hydroxylation is 2. The molecule has 0 saturated carbocycles. The smallest absolute Gasteiger partial charge is 0.258 e. The molecule has 7 nitrogen and oxygen atoms in total. The lowest BCUT2D eigenvalue weighted by Gasteiger charge is -2.10. The molecule has 1 heterocycles. The fourth-order valence-electron chi connectivity index (χ4n) is 3.02. The summed E-state index contributed by atoms with van der Waals surface area (Å²) in [5.74, 6) is 1.83. The zero-order valence-electron chi connectivity index (χ0n) is 15.8. The van der Waals surface area contributed by atoms with Crippen LogP contribution in [0.4, 0.5) is 0 Å². The van der Waals surface area contributed by atoms with E-state index in [1.807, 2.05) is 24.3 Å². The lowest BCUT2D eigenvalue weighted by atomic mass is 10.0. The quantitative estimate of drug-likeness (QED) is 0.547. The first-order valence-electron chi connectivity index (χ1n) is 8.76. The minimum Gasteiger partial charge on any atom is -0.497 e. The Balaban J connectivity index is 1.98. The predicted octanol–water partition coefficient (Wildman–Crippen LogP) is 2.67. The van der Waals surface area contributed by atoms with Crippen molar-refractivity contribution >= 4 is 22.7 Å². The summed E-state index contributed by atoms with van der Waals surface area (Å²) in [5.41, 5.74) is 7.99. The largest absolute Gasteiger partial charge is 0.497 e. The Morgan fingerprint density at radius 3 is 2.71 bits per heavy atom. The zero-order chi connectivity index (χ0) is 20.1. The lowest BCUT2D eigenvalue weighted by Crippen LogP contribution is -2.13. The highest BCUT2D eigenvalue weighted by Crippen LogP contribution is 2.27. The van der Waals surface area contributed by atoms with Gasteiger partial charge in [-0.05, 0) is 41.8 Å². The standard InChI is InChI=1S/C21H22N4O3/c1-27-16-5-3-4-13(8-16)6-7-19-24-20-17(21(26)25-19)9-14(10-18(20)28-2)15(11-22)12-23/h3-5,8-12,22H,6-7,23H2,1-2H3,(H,24,25,26)/b15-12+,22-11?. The molecule has 0 amide bonds. The van der Waals surface area contributed by atoms with Gasteiger partial charge in [-0.3, -0.25) is 4.79 Å². The Hall–Kier alpha value is -3.61. The second-order valence-electron chi connectivity index (χ2n) is 6.21. The average Bonchev–Trinajstić information content (AvgIpc) is 2.73. The Labute approximate surface area is 162 Å². The maximum Gasteiger partial charge on any atom is 0.258 e. The van der Waals surface area contributed by atoms with Crippen molar-refractivity contribution in [2.24, 2.45) is 5.73 Å². The first-order chi connectivity index (χ1) is 13.6. The van der Waals surface area contributed by atoms with Crippen molar-refractivity contribution in [2.75, 3.05) is 14.2 Å². The van der Waals surface area contributed by atoms with E-state index < -0.39 is 0 Å². The number of hydrogen-bond acceptors (Lipinski definition) is 6. The number of ether oxygens (including phenoxy) is 2. The zero-order valence-corrected chi connectivity index (χ0v) is 15.8. The molecule has 0 spiro atoms. The fourth-order valence-corrected chi connectivity index (χ4v) is 3.02. The highest BCUT2D eigenvalue weighted by atomic mass is 16.5. The monoisotopic (exact) mass is 378 g/mol. The third-order valence-electron chi connectivity index (χ3n) is 4.50. The molecule has 1 aromatic heterocycles. The number of H-pyrrole nitrogens is 1. The van der Waals surface area contributed by atoms with Crippen LogP contribution < -0.4 is 20.8 Å². The van der Waals surface area contributed by atoms with Crippen LogP contribution in [-0.2, 0) is 12.8 Å². The van der Waals surface area contributed by atoms with Crippen molar-refractivity contribution in [2.45, 2.75) is 12.8 Å². The van der Waals surface area contributed by atoms with Gasteiger partial charge in [-0.1, -0.05) is 12.1 Å². The molecule has 0 radical (unpaired) electrons. The predicted molar refractivity (Wildman–Crippen MR) is 110 cm³/mol. The van der Waals surface area contributed by atoms with E-state index in [0.717, 1.165) is 17.5 Å². The van der Waals surface area contributed by atoms with Gasteiger partial charge in [0, 0.05) is 24.4 Å². The van der Waals surface area contributed by atoms with Gasteiger partial charge >= 0.3 is 0 Å². The van der Waals surface area contributed by atoms with Gasteiger partial charge in [-0.2, -0.15) is 0 Å². The number of methoxy groups -OCH3 is 2. The molecule has 28 heavy (non-hydrogen) atoms. The topological polar surface area (TPSA) is 114 Å². The van der Waals surface area contributed by atoms with Crippen LogP contribution in [-0.4, -0.2) is 30.4 Å². The molecular weight excluding hydrogens is 356 g/mol. The summed E-state index contributed by atoms with van der Waals surface area (Å²) in [5, 5.41) is 7.85. The summed E-state index contributed by atoms with van der Waals surface area (Å²) in [6.45, 7) is 0. The van der Waals surface area contributed by atoms with Crippen LogP contribution in [0.2, 0.25) is 0 Å². The number of allylic oxidation sites excluding steroid dienone is 1. The number of nitrogens with two attached hydrogens (primary N) is 1. The average molecular weight is 378 g/mol. The molecule has 0 aliphatic rings. The maximum absolute atomic E-state index is 12.7. The lowest BCUT2D eigenvalue weighted by molar-refractivity contribution is 0.414. The maximum atomic E-state index is 12.7. The minimum absolute atomic E-state index is 0.257. The van der Waals surface area contributed by atoms with Crippen LogP contribution >= 0.6 is 0 Å². The van der Waals surface area contributed by atoms with Gasteiger partial charge in [0.25, 0.3) is 5.56 Å². The molecular formula is C21H22N4O3. The molecule has 0 aliphatic heterocycles. The Morgan fingerprint density at radius 1 is 1.21 bits per heavy atom. The van der Waals surface area contributed by atoms with E-state index in [1.165, 1.54) is 13.3 Å². The van der Waals surface area contributed by atoms with Crippen LogP contribution in [0.15, 0.2) is 47.4 Å². The van der Waals surface area contributed by atoms with Gasteiger partial charge in [-0.25, -0.2) is 4.98 Å². The van der Waals surface area contributed by atoms with Crippen molar-refractivity contribution in [1.29, 1.82) is 5.41 Å². The van der Waals surface area contributed by atoms with Gasteiger partial charge < -0.3 is 25.6 Å². The van der Waals surface area contributed by atoms with Crippen LogP contribution in [0, 0.1) is 5.41 Å². The normalized spacial score (nSPS) is 11.4. The van der Waals surface area contributed by atoms with Crippen LogP contribution in [0.5, 0.6) is 11.5 Å². The third-order valence-corrected chi connectivity index (χ3v) is 4.50. The summed E-state index contributed by atoms with van der Waals surface area (Å²) in [6.07, 6.45) is 3.72. The molecule has 0 atom stereocenters. The molecule has 0 aliphatic carbocycles. The number of aromatic nitrogens is 2. The molecule has 2 aromatic carbocycles. The SMILES string of the molecule is COc1cccc(CCc2nc3c(OC)cc(/C(C=N)=C/N)cc3c(=O)[nH]2)c1. The number of hydrogen-bond donors (Lipinski definition) is 3. The summed E-state index contributed by atoms with van der Waals surface area (Å²) in [7, 11) is 3.15. The Kier molecular flexibility index (Phi) is 5.74. The molecule has 0 unspecified atom stereocenters. The molecule has 0 bridgehead atoms. The van der Waals surface area contributed by atoms with E-state index in [2.05, 4.69) is 9.97 Å². The second kappa shape index (κ2) is 8.39. The molecule has 3 aromatic rings. The van der Waals surface area contributed by atoms with E-state index in [-0.39, 0.29) is 5.56 Å². The summed E-state index contributed by atoms with van der Waals surface area (Å²) >= 11 is 0. The first kappa shape index (κ1) is 19.2. The minimum atomic E-state index is -0.257. The number of nitrogens with zero attached hydrogens (tertiary/aromatic N) is 1. The van der Waals surface area contributed by atoms with E-state index in [4.69, 9.17) is 20.6 Å². The van der Waals surface area contributed by atoms with Gasteiger partial charge in [0.05, 0.1) is 19.6 Å². The van der Waals surface area contributed by atoms with Crippen LogP contribution in [0.3, 0.4) is 0 Å². The number of rotatable bonds is 7. The Morgan fingerprint density at radius 2 is 2.04 bits per heavy atom. The van der Waals surface area contributed by atoms with E-state index in [1.54, 1.807) is 19.2 Å². The van der Waals surface area contributed by atoms with E-state index in [0.29, 0.717) is 46.5 Å². The van der Waals surface area contributed by atoms with Gasteiger partial charge in [0.1, 0.15) is 22.8 Å². The third kappa shape index (κ3) is 3.88. The molecule has 0 saturated heterocycles. The summed E-state index contributed by atoms with van der Waals surface area (Å²) in [4.78, 5) is 20.1. The number of nitrogens with one attached hydrogen (secondary N) is 2. The number of fused-ring (bicyclic) bond motifs is 1. The number of benzene rings is 2. The molecule has 4 N–H and O–H groups in total. The molecule has 7 heteroatoms. The van der Waals surface area contributed by atoms with E-state index in [9.17, 15) is 4.79 Å². The first-order valence-corrected chi connectivity index (χ1v) is 8.76. The fraction of sp³-hybridized carbons (Fsp3) is 0.190. The van der Waals surface area contributed by atoms with Gasteiger partial charge in [-0.15, -0.1) is 0 Å². The van der Waals surface area contributed by atoms with Crippen LogP contribution in [0.1, 0.15) is 17.0 Å². The Bertz CT molecular complexity index is 1100. The highest BCUT2D eigenvalue weighted by Gasteiger charge is 2.13. The van der Waals surface area contributed by atoms with E-state index >= 15 is 0 Å². The highest BCUT2D eigenvalue weighted by molar-refractivity contribution is 6.09. The van der Waals surface area contributed by atoms with Crippen LogP contribution in [0.25, 0.3) is 16.5 Å². The molecule has 144 valence electrons. The number of aromatic amines is 1. The molecule has 0 fully saturated rings. The summed E-state index contributed by atoms with van der Waals surface area (Å²) in [6, 6.07) is 11.2.